The van der Waals surface area contributed by atoms with Crippen molar-refractivity contribution in [3.05, 3.63) is 71.9 Å². The Bertz CT molecular complexity index is 838. The molecule has 0 unspecified atom stereocenters. The molecule has 1 N–H and O–H groups in total. The maximum Gasteiger partial charge on any atom is 0.340 e. The number of aryl methyl sites for hydroxylation is 1. The summed E-state index contributed by atoms with van der Waals surface area (Å²) in [6.07, 6.45) is 0. The van der Waals surface area contributed by atoms with Crippen molar-refractivity contribution in [2.24, 2.45) is 0 Å². The molecule has 3 aromatic rings. The molecule has 0 aliphatic rings. The molecule has 25 heavy (non-hydrogen) atoms. The second kappa shape index (κ2) is 7.81. The predicted molar refractivity (Wildman–Crippen MR) is 98.6 cm³/mol. The number of aromatic nitrogens is 1. The summed E-state index contributed by atoms with van der Waals surface area (Å²) in [4.78, 5) is 16.0. The van der Waals surface area contributed by atoms with Crippen LogP contribution in [0.25, 0.3) is 22.4 Å². The fourth-order valence-electron chi connectivity index (χ4n) is 2.88. The Morgan fingerprint density at radius 3 is 2.12 bits per heavy atom. The fraction of sp³-hybridized carbons (Fsp3) is 0.190. The van der Waals surface area contributed by atoms with Gasteiger partial charge in [-0.2, -0.15) is 0 Å². The van der Waals surface area contributed by atoms with E-state index in [4.69, 9.17) is 9.47 Å². The molecule has 0 radical (unpaired) electrons. The summed E-state index contributed by atoms with van der Waals surface area (Å²) in [6, 6.07) is 19.9. The molecule has 0 fully saturated rings. The Morgan fingerprint density at radius 2 is 1.52 bits per heavy atom. The van der Waals surface area contributed by atoms with E-state index in [0.717, 1.165) is 28.1 Å². The molecule has 0 aliphatic carbocycles. The zero-order valence-corrected chi connectivity index (χ0v) is 14.4. The minimum atomic E-state index is -0.341. The average molecular weight is 335 g/mol. The van der Waals surface area contributed by atoms with Crippen LogP contribution >= 0.6 is 0 Å². The number of benzene rings is 2. The number of nitrogens with one attached hydrogen (secondary N) is 1. The maximum atomic E-state index is 12.7. The van der Waals surface area contributed by atoms with Gasteiger partial charge in [0, 0.05) is 18.4 Å². The summed E-state index contributed by atoms with van der Waals surface area (Å²) in [6.45, 7) is 2.50. The molecule has 0 amide bonds. The predicted octanol–water partition coefficient (Wildman–Crippen LogP) is 4.46. The standard InChI is InChI=1S/C21H21NO3/c1-15-18(21(23)25-14-13-24-2)19(16-9-5-3-6-10-16)20(22-15)17-11-7-4-8-12-17/h3-12,22H,13-14H2,1-2H3. The average Bonchev–Trinajstić information content (AvgIpc) is 3.00. The minimum Gasteiger partial charge on any atom is -0.460 e. The van der Waals surface area contributed by atoms with Crippen molar-refractivity contribution in [3.63, 3.8) is 0 Å². The normalized spacial score (nSPS) is 10.6. The molecule has 0 spiro atoms. The zero-order chi connectivity index (χ0) is 17.6. The third-order valence-corrected chi connectivity index (χ3v) is 4.04. The quantitative estimate of drug-likeness (QED) is 0.534. The smallest absolute Gasteiger partial charge is 0.340 e. The monoisotopic (exact) mass is 335 g/mol. The van der Waals surface area contributed by atoms with Gasteiger partial charge >= 0.3 is 5.97 Å². The van der Waals surface area contributed by atoms with E-state index >= 15 is 0 Å². The molecule has 2 aromatic carbocycles. The van der Waals surface area contributed by atoms with Crippen LogP contribution in [0.3, 0.4) is 0 Å². The first-order chi connectivity index (χ1) is 12.2. The number of carbonyl (C=O) groups excluding carboxylic acids is 1. The van der Waals surface area contributed by atoms with Crippen LogP contribution in [-0.4, -0.2) is 31.3 Å². The third kappa shape index (κ3) is 3.64. The summed E-state index contributed by atoms with van der Waals surface area (Å²) in [7, 11) is 1.58. The number of H-pyrrole nitrogens is 1. The van der Waals surface area contributed by atoms with Crippen molar-refractivity contribution in [2.75, 3.05) is 20.3 Å². The highest BCUT2D eigenvalue weighted by Crippen LogP contribution is 2.36. The number of aromatic amines is 1. The van der Waals surface area contributed by atoms with E-state index in [9.17, 15) is 4.79 Å². The van der Waals surface area contributed by atoms with E-state index < -0.39 is 0 Å². The lowest BCUT2D eigenvalue weighted by Gasteiger charge is -2.09. The van der Waals surface area contributed by atoms with Gasteiger partial charge in [0.1, 0.15) is 6.61 Å². The number of rotatable bonds is 6. The van der Waals surface area contributed by atoms with Gasteiger partial charge in [0.05, 0.1) is 17.9 Å². The summed E-state index contributed by atoms with van der Waals surface area (Å²) in [5.41, 5.74) is 5.15. The molecule has 0 atom stereocenters. The molecule has 1 aromatic heterocycles. The lowest BCUT2D eigenvalue weighted by atomic mass is 9.97. The van der Waals surface area contributed by atoms with Gasteiger partial charge in [-0.15, -0.1) is 0 Å². The highest BCUT2D eigenvalue weighted by molar-refractivity contribution is 6.03. The lowest BCUT2D eigenvalue weighted by Crippen LogP contribution is -2.11. The largest absolute Gasteiger partial charge is 0.460 e. The zero-order valence-electron chi connectivity index (χ0n) is 14.4. The van der Waals surface area contributed by atoms with Gasteiger partial charge in [-0.3, -0.25) is 0 Å². The summed E-state index contributed by atoms with van der Waals surface area (Å²) >= 11 is 0. The fourth-order valence-corrected chi connectivity index (χ4v) is 2.88. The number of hydrogen-bond acceptors (Lipinski definition) is 3. The molecule has 0 aliphatic heterocycles. The second-order valence-electron chi connectivity index (χ2n) is 5.74. The molecule has 0 saturated heterocycles. The van der Waals surface area contributed by atoms with Gasteiger partial charge in [0.15, 0.2) is 0 Å². The van der Waals surface area contributed by atoms with Crippen molar-refractivity contribution in [3.8, 4) is 22.4 Å². The number of hydrogen-bond donors (Lipinski definition) is 1. The summed E-state index contributed by atoms with van der Waals surface area (Å²) in [5, 5.41) is 0. The van der Waals surface area contributed by atoms with Gasteiger partial charge < -0.3 is 14.5 Å². The van der Waals surface area contributed by atoms with Gasteiger partial charge in [-0.05, 0) is 18.1 Å². The van der Waals surface area contributed by atoms with Crippen LogP contribution in [0.4, 0.5) is 0 Å². The molecule has 0 saturated carbocycles. The summed E-state index contributed by atoms with van der Waals surface area (Å²) in [5.74, 6) is -0.341. The molecule has 4 heteroatoms. The minimum absolute atomic E-state index is 0.231. The first-order valence-electron chi connectivity index (χ1n) is 8.22. The molecule has 1 heterocycles. The maximum absolute atomic E-state index is 12.7. The van der Waals surface area contributed by atoms with Gasteiger partial charge in [-0.25, -0.2) is 4.79 Å². The Balaban J connectivity index is 2.12. The number of carbonyl (C=O) groups is 1. The van der Waals surface area contributed by atoms with E-state index in [0.29, 0.717) is 12.2 Å². The topological polar surface area (TPSA) is 51.3 Å². The highest BCUT2D eigenvalue weighted by Gasteiger charge is 2.24. The third-order valence-electron chi connectivity index (χ3n) is 4.04. The molecular weight excluding hydrogens is 314 g/mol. The van der Waals surface area contributed by atoms with E-state index in [1.165, 1.54) is 0 Å². The van der Waals surface area contributed by atoms with E-state index in [-0.39, 0.29) is 12.6 Å². The van der Waals surface area contributed by atoms with Crippen LogP contribution in [-0.2, 0) is 9.47 Å². The molecular formula is C21H21NO3. The van der Waals surface area contributed by atoms with Crippen molar-refractivity contribution in [1.82, 2.24) is 4.98 Å². The van der Waals surface area contributed by atoms with Crippen molar-refractivity contribution >= 4 is 5.97 Å². The van der Waals surface area contributed by atoms with Crippen molar-refractivity contribution in [1.29, 1.82) is 0 Å². The molecule has 0 bridgehead atoms. The van der Waals surface area contributed by atoms with Crippen LogP contribution in [0, 0.1) is 6.92 Å². The SMILES string of the molecule is COCCOC(=O)c1c(C)[nH]c(-c2ccccc2)c1-c1ccccc1. The van der Waals surface area contributed by atoms with Crippen LogP contribution in [0.15, 0.2) is 60.7 Å². The Hall–Kier alpha value is -2.85. The molecule has 3 rings (SSSR count). The Morgan fingerprint density at radius 1 is 0.920 bits per heavy atom. The molecule has 128 valence electrons. The van der Waals surface area contributed by atoms with Gasteiger partial charge in [0.2, 0.25) is 0 Å². The van der Waals surface area contributed by atoms with E-state index in [1.54, 1.807) is 7.11 Å². The van der Waals surface area contributed by atoms with Crippen LogP contribution in [0.2, 0.25) is 0 Å². The highest BCUT2D eigenvalue weighted by atomic mass is 16.6. The number of esters is 1. The van der Waals surface area contributed by atoms with E-state index in [2.05, 4.69) is 4.98 Å². The van der Waals surface area contributed by atoms with Crippen molar-refractivity contribution < 1.29 is 14.3 Å². The van der Waals surface area contributed by atoms with Gasteiger partial charge in [-0.1, -0.05) is 60.7 Å². The summed E-state index contributed by atoms with van der Waals surface area (Å²) < 4.78 is 10.3. The molecule has 4 nitrogen and oxygen atoms in total. The first-order valence-corrected chi connectivity index (χ1v) is 8.22. The van der Waals surface area contributed by atoms with E-state index in [1.807, 2.05) is 67.6 Å². The lowest BCUT2D eigenvalue weighted by molar-refractivity contribution is 0.0388. The van der Waals surface area contributed by atoms with Crippen molar-refractivity contribution in [2.45, 2.75) is 6.92 Å². The second-order valence-corrected chi connectivity index (χ2v) is 5.74. The number of methoxy groups -OCH3 is 1. The van der Waals surface area contributed by atoms with Gasteiger partial charge in [0.25, 0.3) is 0 Å². The first kappa shape index (κ1) is 17.0. The van der Waals surface area contributed by atoms with Crippen LogP contribution in [0.1, 0.15) is 16.1 Å². The Labute approximate surface area is 147 Å². The Kier molecular flexibility index (Phi) is 5.31. The number of ether oxygens (including phenoxy) is 2. The van der Waals surface area contributed by atoms with Crippen LogP contribution < -0.4 is 0 Å². The van der Waals surface area contributed by atoms with Crippen LogP contribution in [0.5, 0.6) is 0 Å².